The Morgan fingerprint density at radius 2 is 2.04 bits per heavy atom. The maximum Gasteiger partial charge on any atom is 0.254 e. The Hall–Kier alpha value is -2.73. The summed E-state index contributed by atoms with van der Waals surface area (Å²) in [6.45, 7) is 5.37. The molecule has 6 heteroatoms. The fourth-order valence-corrected chi connectivity index (χ4v) is 4.32. The SMILES string of the molecule is Cc1cc(C)cc(C(=O)N2C[C@H](C(=O)NCc3cccnc3)[C@H]3OCC[C@H]32)c1. The summed E-state index contributed by atoms with van der Waals surface area (Å²) < 4.78 is 5.86. The van der Waals surface area contributed by atoms with E-state index in [0.29, 0.717) is 25.3 Å². The first-order valence-electron chi connectivity index (χ1n) is 9.70. The van der Waals surface area contributed by atoms with Gasteiger partial charge in [-0.25, -0.2) is 0 Å². The number of likely N-dealkylation sites (tertiary alicyclic amines) is 1. The second-order valence-electron chi connectivity index (χ2n) is 7.71. The largest absolute Gasteiger partial charge is 0.375 e. The van der Waals surface area contributed by atoms with E-state index in [2.05, 4.69) is 16.4 Å². The topological polar surface area (TPSA) is 71.5 Å². The number of benzene rings is 1. The Kier molecular flexibility index (Phi) is 5.13. The van der Waals surface area contributed by atoms with Crippen molar-refractivity contribution in [2.45, 2.75) is 39.0 Å². The first-order valence-corrected chi connectivity index (χ1v) is 9.70. The Balaban J connectivity index is 1.48. The van der Waals surface area contributed by atoms with Gasteiger partial charge in [0.1, 0.15) is 0 Å². The number of ether oxygens (including phenoxy) is 1. The zero-order valence-electron chi connectivity index (χ0n) is 16.2. The van der Waals surface area contributed by atoms with Gasteiger partial charge < -0.3 is 15.0 Å². The highest BCUT2D eigenvalue weighted by Crippen LogP contribution is 2.34. The van der Waals surface area contributed by atoms with Crippen molar-refractivity contribution >= 4 is 11.8 Å². The molecule has 1 aromatic carbocycles. The fourth-order valence-electron chi connectivity index (χ4n) is 4.32. The lowest BCUT2D eigenvalue weighted by Gasteiger charge is -2.23. The summed E-state index contributed by atoms with van der Waals surface area (Å²) in [5.41, 5.74) is 3.75. The van der Waals surface area contributed by atoms with Crippen LogP contribution in [-0.4, -0.2) is 47.0 Å². The van der Waals surface area contributed by atoms with Crippen molar-refractivity contribution in [3.63, 3.8) is 0 Å². The zero-order valence-corrected chi connectivity index (χ0v) is 16.2. The summed E-state index contributed by atoms with van der Waals surface area (Å²) in [7, 11) is 0. The quantitative estimate of drug-likeness (QED) is 0.884. The number of amides is 2. The molecular formula is C22H25N3O3. The monoisotopic (exact) mass is 379 g/mol. The molecule has 0 radical (unpaired) electrons. The standard InChI is InChI=1S/C22H25N3O3/c1-14-8-15(2)10-17(9-14)22(27)25-13-18(20-19(25)5-7-28-20)21(26)24-12-16-4-3-6-23-11-16/h3-4,6,8-11,18-20H,5,7,12-13H2,1-2H3,(H,24,26)/t18-,19+,20+/m0/s1. The van der Waals surface area contributed by atoms with Crippen LogP contribution in [0.3, 0.4) is 0 Å². The summed E-state index contributed by atoms with van der Waals surface area (Å²) in [6.07, 6.45) is 3.98. The molecule has 2 aromatic rings. The highest BCUT2D eigenvalue weighted by atomic mass is 16.5. The number of hydrogen-bond donors (Lipinski definition) is 1. The minimum atomic E-state index is -0.348. The van der Waals surface area contributed by atoms with Gasteiger partial charge in [-0.15, -0.1) is 0 Å². The van der Waals surface area contributed by atoms with E-state index < -0.39 is 0 Å². The molecule has 1 aromatic heterocycles. The second-order valence-corrected chi connectivity index (χ2v) is 7.71. The molecule has 3 atom stereocenters. The Morgan fingerprint density at radius 3 is 2.75 bits per heavy atom. The smallest absolute Gasteiger partial charge is 0.254 e. The normalized spacial score (nSPS) is 23.5. The van der Waals surface area contributed by atoms with Crippen LogP contribution in [0.4, 0.5) is 0 Å². The van der Waals surface area contributed by atoms with Crippen LogP contribution in [0.1, 0.15) is 33.5 Å². The van der Waals surface area contributed by atoms with E-state index in [0.717, 1.165) is 23.1 Å². The van der Waals surface area contributed by atoms with Gasteiger partial charge in [0.15, 0.2) is 0 Å². The van der Waals surface area contributed by atoms with Crippen LogP contribution >= 0.6 is 0 Å². The number of rotatable bonds is 4. The van der Waals surface area contributed by atoms with Crippen LogP contribution in [0.25, 0.3) is 0 Å². The summed E-state index contributed by atoms with van der Waals surface area (Å²) in [6, 6.07) is 9.61. The van der Waals surface area contributed by atoms with Gasteiger partial charge in [-0.2, -0.15) is 0 Å². The summed E-state index contributed by atoms with van der Waals surface area (Å²) in [5.74, 6) is -0.439. The van der Waals surface area contributed by atoms with E-state index in [4.69, 9.17) is 4.74 Å². The third kappa shape index (κ3) is 3.64. The van der Waals surface area contributed by atoms with Gasteiger partial charge in [0.2, 0.25) is 5.91 Å². The molecule has 0 bridgehead atoms. The van der Waals surface area contributed by atoms with E-state index in [9.17, 15) is 9.59 Å². The van der Waals surface area contributed by atoms with Crippen molar-refractivity contribution < 1.29 is 14.3 Å². The first kappa shape index (κ1) is 18.6. The number of nitrogens with one attached hydrogen (secondary N) is 1. The molecule has 2 aliphatic heterocycles. The molecule has 2 amide bonds. The molecule has 0 aliphatic carbocycles. The highest BCUT2D eigenvalue weighted by molar-refractivity contribution is 5.96. The van der Waals surface area contributed by atoms with Gasteiger partial charge in [-0.1, -0.05) is 23.3 Å². The van der Waals surface area contributed by atoms with Crippen molar-refractivity contribution in [2.24, 2.45) is 5.92 Å². The first-order chi connectivity index (χ1) is 13.5. The number of carbonyl (C=O) groups is 2. The third-order valence-corrected chi connectivity index (χ3v) is 5.55. The number of hydrogen-bond acceptors (Lipinski definition) is 4. The van der Waals surface area contributed by atoms with Crippen LogP contribution in [0, 0.1) is 19.8 Å². The number of pyridine rings is 1. The highest BCUT2D eigenvalue weighted by Gasteiger charge is 2.50. The predicted molar refractivity (Wildman–Crippen MR) is 105 cm³/mol. The number of carbonyl (C=O) groups excluding carboxylic acids is 2. The van der Waals surface area contributed by atoms with Crippen LogP contribution in [0.15, 0.2) is 42.7 Å². The molecular weight excluding hydrogens is 354 g/mol. The number of nitrogens with zero attached hydrogens (tertiary/aromatic N) is 2. The molecule has 2 aliphatic rings. The number of aromatic nitrogens is 1. The summed E-state index contributed by atoms with van der Waals surface area (Å²) in [4.78, 5) is 31.9. The lowest BCUT2D eigenvalue weighted by molar-refractivity contribution is -0.127. The second kappa shape index (κ2) is 7.72. The Labute approximate surface area is 164 Å². The molecule has 4 rings (SSSR count). The molecule has 146 valence electrons. The molecule has 28 heavy (non-hydrogen) atoms. The van der Waals surface area contributed by atoms with Crippen molar-refractivity contribution in [3.05, 3.63) is 65.0 Å². The molecule has 3 heterocycles. The zero-order chi connectivity index (χ0) is 19.7. The molecule has 2 saturated heterocycles. The van der Waals surface area contributed by atoms with E-state index in [1.54, 1.807) is 12.4 Å². The van der Waals surface area contributed by atoms with E-state index >= 15 is 0 Å². The van der Waals surface area contributed by atoms with Gasteiger partial charge in [0.25, 0.3) is 5.91 Å². The molecule has 6 nitrogen and oxygen atoms in total. The van der Waals surface area contributed by atoms with Gasteiger partial charge >= 0.3 is 0 Å². The maximum absolute atomic E-state index is 13.2. The Morgan fingerprint density at radius 1 is 1.25 bits per heavy atom. The van der Waals surface area contributed by atoms with Gasteiger partial charge in [-0.05, 0) is 44.0 Å². The fraction of sp³-hybridized carbons (Fsp3) is 0.409. The van der Waals surface area contributed by atoms with Gasteiger partial charge in [-0.3, -0.25) is 14.6 Å². The number of fused-ring (bicyclic) bond motifs is 1. The molecule has 1 N–H and O–H groups in total. The minimum Gasteiger partial charge on any atom is -0.375 e. The van der Waals surface area contributed by atoms with Crippen molar-refractivity contribution in [1.29, 1.82) is 0 Å². The third-order valence-electron chi connectivity index (χ3n) is 5.55. The van der Waals surface area contributed by atoms with E-state index in [-0.39, 0.29) is 29.9 Å². The predicted octanol–water partition coefficient (Wildman–Crippen LogP) is 2.24. The summed E-state index contributed by atoms with van der Waals surface area (Å²) >= 11 is 0. The molecule has 0 saturated carbocycles. The lowest BCUT2D eigenvalue weighted by Crippen LogP contribution is -2.37. The molecule has 0 spiro atoms. The van der Waals surface area contributed by atoms with Gasteiger partial charge in [0.05, 0.1) is 18.1 Å². The summed E-state index contributed by atoms with van der Waals surface area (Å²) in [5, 5.41) is 2.97. The van der Waals surface area contributed by atoms with Crippen LogP contribution in [-0.2, 0) is 16.1 Å². The number of aryl methyl sites for hydroxylation is 2. The minimum absolute atomic E-state index is 0.0186. The Bertz CT molecular complexity index is 864. The van der Waals surface area contributed by atoms with Crippen LogP contribution < -0.4 is 5.32 Å². The average molecular weight is 379 g/mol. The van der Waals surface area contributed by atoms with E-state index in [1.807, 2.05) is 43.0 Å². The van der Waals surface area contributed by atoms with Gasteiger partial charge in [0, 0.05) is 37.7 Å². The average Bonchev–Trinajstić information content (AvgIpc) is 3.28. The maximum atomic E-state index is 13.2. The van der Waals surface area contributed by atoms with Crippen molar-refractivity contribution in [3.8, 4) is 0 Å². The molecule has 0 unspecified atom stereocenters. The van der Waals surface area contributed by atoms with Crippen molar-refractivity contribution in [1.82, 2.24) is 15.2 Å². The molecule has 2 fully saturated rings. The lowest BCUT2D eigenvalue weighted by atomic mass is 10.0. The van der Waals surface area contributed by atoms with Crippen LogP contribution in [0.2, 0.25) is 0 Å². The van der Waals surface area contributed by atoms with E-state index in [1.165, 1.54) is 0 Å². The van der Waals surface area contributed by atoms with Crippen LogP contribution in [0.5, 0.6) is 0 Å². The van der Waals surface area contributed by atoms with Crippen molar-refractivity contribution in [2.75, 3.05) is 13.2 Å².